The smallest absolute Gasteiger partial charge is 0.324 e. The molecule has 1 unspecified atom stereocenters. The van der Waals surface area contributed by atoms with Gasteiger partial charge in [0.05, 0.1) is 11.2 Å². The lowest BCUT2D eigenvalue weighted by Crippen LogP contribution is -2.41. The van der Waals surface area contributed by atoms with Crippen LogP contribution in [0.25, 0.3) is 16.7 Å². The average Bonchev–Trinajstić information content (AvgIpc) is 3.19. The first-order valence-electron chi connectivity index (χ1n) is 9.98. The quantitative estimate of drug-likeness (QED) is 0.468. The first kappa shape index (κ1) is 25.2. The number of carbonyl (C=O) groups is 1. The van der Waals surface area contributed by atoms with E-state index in [2.05, 4.69) is 10.2 Å². The minimum Gasteiger partial charge on any atom is -0.480 e. The van der Waals surface area contributed by atoms with Gasteiger partial charge in [0.2, 0.25) is 10.0 Å². The van der Waals surface area contributed by atoms with Crippen molar-refractivity contribution < 1.29 is 26.7 Å². The van der Waals surface area contributed by atoms with Crippen LogP contribution >= 0.6 is 23.2 Å². The van der Waals surface area contributed by atoms with Gasteiger partial charge in [0, 0.05) is 34.3 Å². The molecule has 0 bridgehead atoms. The van der Waals surface area contributed by atoms with Gasteiger partial charge < -0.3 is 5.11 Å². The Bertz CT molecular complexity index is 1600. The summed E-state index contributed by atoms with van der Waals surface area (Å²) in [5.41, 5.74) is 0.765. The predicted octanol–water partition coefficient (Wildman–Crippen LogP) is 3.06. The summed E-state index contributed by atoms with van der Waals surface area (Å²) in [6, 6.07) is 9.14. The van der Waals surface area contributed by atoms with Crippen molar-refractivity contribution in [3.63, 3.8) is 0 Å². The van der Waals surface area contributed by atoms with Crippen LogP contribution in [0.15, 0.2) is 69.8 Å². The van der Waals surface area contributed by atoms with Crippen LogP contribution in [-0.4, -0.2) is 60.7 Å². The van der Waals surface area contributed by atoms with Gasteiger partial charge in [-0.3, -0.25) is 13.7 Å². The van der Waals surface area contributed by atoms with Gasteiger partial charge in [-0.1, -0.05) is 23.2 Å². The number of hydrogen-bond donors (Lipinski definition) is 1. The molecule has 1 N–H and O–H groups in total. The third kappa shape index (κ3) is 5.20. The lowest BCUT2D eigenvalue weighted by molar-refractivity contribution is -0.135. The van der Waals surface area contributed by atoms with Crippen LogP contribution in [0.5, 0.6) is 0 Å². The minimum absolute atomic E-state index is 0.0308. The third-order valence-corrected chi connectivity index (χ3v) is 8.72. The summed E-state index contributed by atoms with van der Waals surface area (Å²) in [7, 11) is -7.69. The number of sulfone groups is 1. The molecule has 4 rings (SSSR count). The molecule has 0 spiro atoms. The summed E-state index contributed by atoms with van der Waals surface area (Å²) in [5.74, 6) is -0.987. The summed E-state index contributed by atoms with van der Waals surface area (Å²) in [6.45, 7) is -0.795. The molecule has 0 saturated heterocycles. The maximum atomic E-state index is 13.4. The fourth-order valence-corrected chi connectivity index (χ4v) is 6.64. The van der Waals surface area contributed by atoms with Crippen LogP contribution in [0, 0.1) is 0 Å². The Hall–Kier alpha value is -2.93. The lowest BCUT2D eigenvalue weighted by Gasteiger charge is -2.28. The molecule has 0 aliphatic heterocycles. The number of aliphatic carboxylic acids is 1. The second kappa shape index (κ2) is 9.26. The van der Waals surface area contributed by atoms with Gasteiger partial charge in [0.1, 0.15) is 11.8 Å². The Morgan fingerprint density at radius 1 is 1.14 bits per heavy atom. The highest BCUT2D eigenvalue weighted by molar-refractivity contribution is 7.93. The molecule has 0 saturated carbocycles. The number of anilines is 1. The van der Waals surface area contributed by atoms with Crippen molar-refractivity contribution in [1.29, 1.82) is 0 Å². The van der Waals surface area contributed by atoms with E-state index in [9.17, 15) is 26.7 Å². The van der Waals surface area contributed by atoms with Crippen LogP contribution < -0.4 is 4.31 Å². The molecule has 0 fully saturated rings. The molecule has 1 aliphatic carbocycles. The van der Waals surface area contributed by atoms with Gasteiger partial charge in [-0.2, -0.15) is 0 Å². The van der Waals surface area contributed by atoms with E-state index in [4.69, 9.17) is 23.2 Å². The van der Waals surface area contributed by atoms with E-state index in [1.807, 2.05) is 0 Å². The topological polar surface area (TPSA) is 140 Å². The predicted molar refractivity (Wildman–Crippen MR) is 132 cm³/mol. The van der Waals surface area contributed by atoms with Gasteiger partial charge in [0.25, 0.3) is 0 Å². The Kier molecular flexibility index (Phi) is 6.66. The van der Waals surface area contributed by atoms with Gasteiger partial charge in [0.15, 0.2) is 20.7 Å². The van der Waals surface area contributed by atoms with Crippen molar-refractivity contribution in [1.82, 2.24) is 14.8 Å². The molecule has 1 aromatic carbocycles. The van der Waals surface area contributed by atoms with E-state index in [1.54, 1.807) is 22.9 Å². The first-order chi connectivity index (χ1) is 16.4. The fourth-order valence-electron chi connectivity index (χ4n) is 3.62. The van der Waals surface area contributed by atoms with Crippen molar-refractivity contribution in [3.8, 4) is 5.82 Å². The molecule has 14 heteroatoms. The molecule has 35 heavy (non-hydrogen) atoms. The number of sulfonamides is 1. The summed E-state index contributed by atoms with van der Waals surface area (Å²) in [6.07, 6.45) is 5.42. The van der Waals surface area contributed by atoms with E-state index in [1.165, 1.54) is 36.4 Å². The van der Waals surface area contributed by atoms with Crippen molar-refractivity contribution in [3.05, 3.63) is 64.8 Å². The highest BCUT2D eigenvalue weighted by Gasteiger charge is 2.34. The number of benzene rings is 1. The van der Waals surface area contributed by atoms with Gasteiger partial charge in [-0.25, -0.2) is 16.8 Å². The molecule has 3 aromatic rings. The second-order valence-corrected chi connectivity index (χ2v) is 12.7. The highest BCUT2D eigenvalue weighted by Crippen LogP contribution is 2.32. The number of halogens is 2. The monoisotopic (exact) mass is 556 g/mol. The molecule has 1 atom stereocenters. The molecule has 184 valence electrons. The average molecular weight is 557 g/mol. The highest BCUT2D eigenvalue weighted by atomic mass is 35.5. The van der Waals surface area contributed by atoms with E-state index in [-0.39, 0.29) is 27.2 Å². The molecular formula is C21H18Cl2N4O6S2. The lowest BCUT2D eigenvalue weighted by atomic mass is 10.2. The molecule has 1 aliphatic rings. The normalized spacial score (nSPS) is 16.6. The van der Waals surface area contributed by atoms with E-state index < -0.39 is 37.6 Å². The van der Waals surface area contributed by atoms with E-state index in [0.29, 0.717) is 16.7 Å². The van der Waals surface area contributed by atoms with Crippen LogP contribution in [0.1, 0.15) is 6.42 Å². The number of hydrogen-bond acceptors (Lipinski definition) is 7. The number of carboxylic acid groups (broad SMARTS) is 1. The van der Waals surface area contributed by atoms with Crippen LogP contribution in [0.3, 0.4) is 0 Å². The molecule has 2 heterocycles. The van der Waals surface area contributed by atoms with Crippen molar-refractivity contribution in [2.75, 3.05) is 17.1 Å². The molecule has 0 radical (unpaired) electrons. The minimum atomic E-state index is -4.19. The maximum absolute atomic E-state index is 13.4. The van der Waals surface area contributed by atoms with Crippen molar-refractivity contribution in [2.24, 2.45) is 0 Å². The number of fused-ring (bicyclic) bond motifs is 1. The van der Waals surface area contributed by atoms with Gasteiger partial charge >= 0.3 is 5.97 Å². The molecule has 10 nitrogen and oxygen atoms in total. The number of rotatable bonds is 7. The van der Waals surface area contributed by atoms with Crippen LogP contribution in [-0.2, 0) is 24.7 Å². The Morgan fingerprint density at radius 3 is 2.49 bits per heavy atom. The van der Waals surface area contributed by atoms with Crippen molar-refractivity contribution >= 4 is 65.6 Å². The summed E-state index contributed by atoms with van der Waals surface area (Å²) in [4.78, 5) is 11.5. The standard InChI is InChI=1S/C21H18Cl2N4O6S2/c1-34(30,31)20-5-4-19(24-25-20)26-7-6-13-8-16(2-3-18(13)26)27(12-21(28)29)35(32,33)17-10-14(22)9-15(23)11-17/h2-10,17H,11-12H2,1H3,(H,28,29). The molecule has 0 amide bonds. The number of nitrogens with zero attached hydrogens (tertiary/aromatic N) is 4. The number of aromatic nitrogens is 3. The zero-order valence-electron chi connectivity index (χ0n) is 18.0. The van der Waals surface area contributed by atoms with Gasteiger partial charge in [-0.05, 0) is 48.6 Å². The van der Waals surface area contributed by atoms with Gasteiger partial charge in [-0.15, -0.1) is 10.2 Å². The van der Waals surface area contributed by atoms with Crippen LogP contribution in [0.4, 0.5) is 5.69 Å². The summed E-state index contributed by atoms with van der Waals surface area (Å²) < 4.78 is 52.5. The number of allylic oxidation sites excluding steroid dienone is 3. The maximum Gasteiger partial charge on any atom is 0.324 e. The third-order valence-electron chi connectivity index (χ3n) is 5.22. The summed E-state index contributed by atoms with van der Waals surface area (Å²) in [5, 5.41) is 16.8. The molecular weight excluding hydrogens is 539 g/mol. The Balaban J connectivity index is 1.74. The Morgan fingerprint density at radius 2 is 1.89 bits per heavy atom. The largest absolute Gasteiger partial charge is 0.480 e. The fraction of sp³-hybridized carbons (Fsp3) is 0.190. The van der Waals surface area contributed by atoms with Crippen LogP contribution in [0.2, 0.25) is 0 Å². The zero-order chi connectivity index (χ0) is 25.5. The number of carboxylic acids is 1. The summed E-state index contributed by atoms with van der Waals surface area (Å²) >= 11 is 12.0. The molecule has 2 aromatic heterocycles. The Labute approximate surface area is 211 Å². The zero-order valence-corrected chi connectivity index (χ0v) is 21.2. The SMILES string of the molecule is CS(=O)(=O)c1ccc(-n2ccc3cc(N(CC(=O)O)S(=O)(=O)C4C=C(Cl)C=C(Cl)C4)ccc32)nn1. The van der Waals surface area contributed by atoms with Crippen molar-refractivity contribution in [2.45, 2.75) is 16.7 Å². The second-order valence-electron chi connectivity index (χ2n) is 7.76. The van der Waals surface area contributed by atoms with E-state index >= 15 is 0 Å². The van der Waals surface area contributed by atoms with E-state index in [0.717, 1.165) is 10.6 Å². The first-order valence-corrected chi connectivity index (χ1v) is 14.1.